The van der Waals surface area contributed by atoms with Crippen molar-refractivity contribution >= 4 is 29.0 Å². The molecule has 6 heteroatoms. The number of nitrogen functional groups attached to an aromatic ring is 1. The lowest BCUT2D eigenvalue weighted by Gasteiger charge is -2.37. The van der Waals surface area contributed by atoms with Gasteiger partial charge in [-0.15, -0.1) is 0 Å². The summed E-state index contributed by atoms with van der Waals surface area (Å²) in [4.78, 5) is 14.5. The van der Waals surface area contributed by atoms with Crippen molar-refractivity contribution in [2.75, 3.05) is 12.3 Å². The Morgan fingerprint density at radius 1 is 1.48 bits per heavy atom. The molecule has 0 amide bonds. The van der Waals surface area contributed by atoms with Crippen LogP contribution in [0, 0.1) is 0 Å². The molecule has 0 bridgehead atoms. The average Bonchev–Trinajstić information content (AvgIpc) is 2.46. The Kier molecular flexibility index (Phi) is 5.26. The summed E-state index contributed by atoms with van der Waals surface area (Å²) in [6.45, 7) is 8.24. The predicted molar refractivity (Wildman–Crippen MR) is 95.6 cm³/mol. The molecule has 1 aliphatic heterocycles. The molecule has 1 unspecified atom stereocenters. The summed E-state index contributed by atoms with van der Waals surface area (Å²) < 4.78 is 5.43. The van der Waals surface area contributed by atoms with E-state index in [4.69, 9.17) is 22.7 Å². The minimum Gasteiger partial charge on any atom is -0.459 e. The number of nitrogens with zero attached hydrogens (tertiary/aromatic N) is 1. The highest BCUT2D eigenvalue weighted by Crippen LogP contribution is 2.32. The third-order valence-electron chi connectivity index (χ3n) is 3.72. The zero-order valence-electron chi connectivity index (χ0n) is 13.9. The van der Waals surface area contributed by atoms with Gasteiger partial charge in [-0.1, -0.05) is 12.1 Å². The van der Waals surface area contributed by atoms with Gasteiger partial charge in [-0.05, 0) is 57.6 Å². The molecule has 3 N–H and O–H groups in total. The Balaban J connectivity index is 2.52. The molecule has 1 aliphatic rings. The highest BCUT2D eigenvalue weighted by Gasteiger charge is 2.34. The predicted octanol–water partition coefficient (Wildman–Crippen LogP) is 2.75. The normalized spacial score (nSPS) is 18.2. The smallest absolute Gasteiger partial charge is 0.338 e. The first kappa shape index (κ1) is 17.3. The molecule has 0 aliphatic carbocycles. The number of ether oxygens (including phenoxy) is 1. The molecule has 124 valence electrons. The Labute approximate surface area is 142 Å². The number of carbonyl (C=O) groups excluding carboxylic acids is 1. The number of hydrogen-bond acceptors (Lipinski definition) is 4. The van der Waals surface area contributed by atoms with Crippen LogP contribution in [0.2, 0.25) is 0 Å². The van der Waals surface area contributed by atoms with Gasteiger partial charge in [0.05, 0.1) is 17.7 Å². The second-order valence-corrected chi connectivity index (χ2v) is 6.14. The van der Waals surface area contributed by atoms with Gasteiger partial charge < -0.3 is 20.7 Å². The van der Waals surface area contributed by atoms with E-state index in [1.807, 2.05) is 56.9 Å². The van der Waals surface area contributed by atoms with Crippen LogP contribution in [0.15, 0.2) is 35.5 Å². The number of rotatable bonds is 4. The van der Waals surface area contributed by atoms with Gasteiger partial charge in [-0.3, -0.25) is 0 Å². The number of benzene rings is 1. The van der Waals surface area contributed by atoms with Crippen LogP contribution in [0.5, 0.6) is 0 Å². The number of carbonyl (C=O) groups is 1. The van der Waals surface area contributed by atoms with Crippen molar-refractivity contribution in [1.82, 2.24) is 10.2 Å². The van der Waals surface area contributed by atoms with Gasteiger partial charge in [0, 0.05) is 17.9 Å². The summed E-state index contributed by atoms with van der Waals surface area (Å²) in [5, 5.41) is 3.83. The molecule has 23 heavy (non-hydrogen) atoms. The Hall–Kier alpha value is -2.08. The maximum atomic E-state index is 12.6. The molecule has 0 radical (unpaired) electrons. The number of nitrogens with one attached hydrogen (secondary N) is 1. The summed E-state index contributed by atoms with van der Waals surface area (Å²) >= 11 is 5.44. The van der Waals surface area contributed by atoms with Gasteiger partial charge in [-0.2, -0.15) is 0 Å². The van der Waals surface area contributed by atoms with Crippen LogP contribution in [-0.4, -0.2) is 28.6 Å². The molecule has 0 aromatic heterocycles. The lowest BCUT2D eigenvalue weighted by atomic mass is 9.94. The summed E-state index contributed by atoms with van der Waals surface area (Å²) in [6, 6.07) is 7.08. The number of anilines is 1. The van der Waals surface area contributed by atoms with Crippen molar-refractivity contribution < 1.29 is 9.53 Å². The van der Waals surface area contributed by atoms with E-state index in [-0.39, 0.29) is 18.1 Å². The zero-order valence-corrected chi connectivity index (χ0v) is 14.7. The fourth-order valence-electron chi connectivity index (χ4n) is 2.69. The molecular weight excluding hydrogens is 310 g/mol. The van der Waals surface area contributed by atoms with Crippen LogP contribution >= 0.6 is 12.2 Å². The van der Waals surface area contributed by atoms with E-state index in [9.17, 15) is 4.79 Å². The van der Waals surface area contributed by atoms with Crippen LogP contribution in [0.25, 0.3) is 0 Å². The number of allylic oxidation sites excluding steroid dienone is 1. The van der Waals surface area contributed by atoms with E-state index in [1.54, 1.807) is 0 Å². The summed E-state index contributed by atoms with van der Waals surface area (Å²) in [5.41, 5.74) is 8.80. The molecule has 0 fully saturated rings. The van der Waals surface area contributed by atoms with Crippen molar-refractivity contribution in [2.24, 2.45) is 0 Å². The Morgan fingerprint density at radius 2 is 2.17 bits per heavy atom. The monoisotopic (exact) mass is 333 g/mol. The summed E-state index contributed by atoms with van der Waals surface area (Å²) in [5.74, 6) is -0.335. The van der Waals surface area contributed by atoms with E-state index in [0.717, 1.165) is 11.3 Å². The fourth-order valence-corrected chi connectivity index (χ4v) is 3.08. The molecule has 1 aromatic rings. The van der Waals surface area contributed by atoms with Crippen molar-refractivity contribution in [3.63, 3.8) is 0 Å². The highest BCUT2D eigenvalue weighted by atomic mass is 32.1. The minimum atomic E-state index is -0.361. The van der Waals surface area contributed by atoms with Crippen molar-refractivity contribution in [3.05, 3.63) is 41.1 Å². The minimum absolute atomic E-state index is 0.187. The maximum absolute atomic E-state index is 12.6. The van der Waals surface area contributed by atoms with Crippen LogP contribution < -0.4 is 11.1 Å². The van der Waals surface area contributed by atoms with Gasteiger partial charge in [0.2, 0.25) is 0 Å². The van der Waals surface area contributed by atoms with Crippen molar-refractivity contribution in [1.29, 1.82) is 0 Å². The van der Waals surface area contributed by atoms with E-state index in [1.165, 1.54) is 0 Å². The molecule has 2 rings (SSSR count). The standard InChI is InChI=1S/C17H23N3O2S/c1-5-20-11(4)14(16(21)22-10(2)3)15(19-17(20)23)12-7-6-8-13(18)9-12/h6-10,15H,5,18H2,1-4H3,(H,19,23). The van der Waals surface area contributed by atoms with Crippen LogP contribution in [-0.2, 0) is 9.53 Å². The molecule has 1 aromatic carbocycles. The molecule has 1 heterocycles. The van der Waals surface area contributed by atoms with Crippen LogP contribution in [0.4, 0.5) is 5.69 Å². The largest absolute Gasteiger partial charge is 0.459 e. The van der Waals surface area contributed by atoms with Crippen molar-refractivity contribution in [2.45, 2.75) is 39.8 Å². The number of esters is 1. The topological polar surface area (TPSA) is 67.6 Å². The van der Waals surface area contributed by atoms with Crippen LogP contribution in [0.3, 0.4) is 0 Å². The first-order valence-electron chi connectivity index (χ1n) is 7.70. The fraction of sp³-hybridized carbons (Fsp3) is 0.412. The van der Waals surface area contributed by atoms with E-state index < -0.39 is 0 Å². The quantitative estimate of drug-likeness (QED) is 0.502. The molecule has 0 saturated carbocycles. The lowest BCUT2D eigenvalue weighted by Crippen LogP contribution is -2.47. The van der Waals surface area contributed by atoms with Gasteiger partial charge in [0.15, 0.2) is 5.11 Å². The highest BCUT2D eigenvalue weighted by molar-refractivity contribution is 7.80. The zero-order chi connectivity index (χ0) is 17.1. The molecular formula is C17H23N3O2S. The van der Waals surface area contributed by atoms with Crippen molar-refractivity contribution in [3.8, 4) is 0 Å². The van der Waals surface area contributed by atoms with E-state index >= 15 is 0 Å². The van der Waals surface area contributed by atoms with E-state index in [2.05, 4.69) is 5.32 Å². The first-order chi connectivity index (χ1) is 10.8. The Bertz CT molecular complexity index is 655. The second kappa shape index (κ2) is 7.00. The molecule has 0 spiro atoms. The van der Waals surface area contributed by atoms with Gasteiger partial charge in [-0.25, -0.2) is 4.79 Å². The summed E-state index contributed by atoms with van der Waals surface area (Å²) in [7, 11) is 0. The number of nitrogens with two attached hydrogens (primary N) is 1. The Morgan fingerprint density at radius 3 is 2.74 bits per heavy atom. The molecule has 0 saturated heterocycles. The lowest BCUT2D eigenvalue weighted by molar-refractivity contribution is -0.143. The average molecular weight is 333 g/mol. The van der Waals surface area contributed by atoms with Gasteiger partial charge >= 0.3 is 5.97 Å². The third kappa shape index (κ3) is 3.64. The first-order valence-corrected chi connectivity index (χ1v) is 8.11. The third-order valence-corrected chi connectivity index (χ3v) is 4.06. The molecule has 1 atom stereocenters. The number of hydrogen-bond donors (Lipinski definition) is 2. The van der Waals surface area contributed by atoms with Gasteiger partial charge in [0.1, 0.15) is 0 Å². The van der Waals surface area contributed by atoms with Gasteiger partial charge in [0.25, 0.3) is 0 Å². The summed E-state index contributed by atoms with van der Waals surface area (Å²) in [6.07, 6.45) is -0.187. The second-order valence-electron chi connectivity index (χ2n) is 5.75. The number of thiocarbonyl (C=S) groups is 1. The van der Waals surface area contributed by atoms with E-state index in [0.29, 0.717) is 22.9 Å². The van der Waals surface area contributed by atoms with Crippen LogP contribution in [0.1, 0.15) is 39.3 Å². The maximum Gasteiger partial charge on any atom is 0.338 e. The SMILES string of the molecule is CCN1C(=S)NC(c2cccc(N)c2)C(C(=O)OC(C)C)=C1C. The molecule has 5 nitrogen and oxygen atoms in total.